The summed E-state index contributed by atoms with van der Waals surface area (Å²) in [6, 6.07) is 5.40. The van der Waals surface area contributed by atoms with Crippen molar-refractivity contribution in [2.75, 3.05) is 18.4 Å². The molecular weight excluding hydrogens is 504 g/mol. The Labute approximate surface area is 226 Å². The molecule has 0 bridgehead atoms. The number of thioether (sulfide) groups is 1. The number of rotatable bonds is 8. The van der Waals surface area contributed by atoms with Gasteiger partial charge in [0.15, 0.2) is 0 Å². The molecule has 9 heteroatoms. The number of nitrogens with zero attached hydrogens (tertiary/aromatic N) is 3. The maximum absolute atomic E-state index is 13.2. The number of carbonyl (C=O) groups excluding carboxylic acids is 2. The third kappa shape index (κ3) is 7.11. The van der Waals surface area contributed by atoms with Crippen molar-refractivity contribution in [3.05, 3.63) is 71.0 Å². The molecule has 4 rings (SSSR count). The number of hydrogen-bond donors (Lipinski definition) is 1. The smallest absolute Gasteiger partial charge is 0.253 e. The van der Waals surface area contributed by atoms with Crippen LogP contribution < -0.4 is 5.32 Å². The molecule has 1 atom stereocenters. The molecular formula is C28H34N4O3S2. The quantitative estimate of drug-likeness (QED) is 0.269. The highest BCUT2D eigenvalue weighted by molar-refractivity contribution is 8.00. The Hall–Kier alpha value is -2.91. The molecule has 0 spiro atoms. The summed E-state index contributed by atoms with van der Waals surface area (Å²) in [6.45, 7) is 13.2. The maximum Gasteiger partial charge on any atom is 0.253 e. The number of oxazole rings is 1. The molecule has 2 aromatic heterocycles. The zero-order valence-electron chi connectivity index (χ0n) is 21.9. The van der Waals surface area contributed by atoms with Crippen LogP contribution in [-0.4, -0.2) is 39.8 Å². The fraction of sp³-hybridized carbons (Fsp3) is 0.429. The average Bonchev–Trinajstić information content (AvgIpc) is 3.53. The number of anilines is 1. The standard InChI is InChI=1S/C28H34N4O3S2/c1-6-23(33)31-21-10-9-20(12-18(21)2)27(34)32-11-7-8-19(16-32)13-25-30-15-26(37-25)36-17-24-29-14-22(35-24)28(3,4)5/h6,9-10,12,14-15,19H,1,7-8,11,13,16-17H2,2-5H3,(H,31,33)/t19-/m0/s1. The number of aryl methyl sites for hydroxylation is 1. The Morgan fingerprint density at radius 3 is 2.81 bits per heavy atom. The third-order valence-corrected chi connectivity index (χ3v) is 8.55. The first-order valence-corrected chi connectivity index (χ1v) is 14.3. The maximum atomic E-state index is 13.2. The van der Waals surface area contributed by atoms with E-state index in [2.05, 4.69) is 42.6 Å². The Morgan fingerprint density at radius 1 is 1.30 bits per heavy atom. The van der Waals surface area contributed by atoms with Crippen molar-refractivity contribution in [2.24, 2.45) is 5.92 Å². The molecule has 3 heterocycles. The highest BCUT2D eigenvalue weighted by Gasteiger charge is 2.26. The Balaban J connectivity index is 1.31. The van der Waals surface area contributed by atoms with Crippen LogP contribution in [0.15, 0.2) is 51.9 Å². The number of piperidine rings is 1. The van der Waals surface area contributed by atoms with Crippen LogP contribution >= 0.6 is 23.1 Å². The van der Waals surface area contributed by atoms with Crippen molar-refractivity contribution in [3.63, 3.8) is 0 Å². The molecule has 2 amide bonds. The number of aromatic nitrogens is 2. The van der Waals surface area contributed by atoms with Gasteiger partial charge in [-0.1, -0.05) is 27.4 Å². The van der Waals surface area contributed by atoms with Gasteiger partial charge in [0.2, 0.25) is 11.8 Å². The molecule has 7 nitrogen and oxygen atoms in total. The van der Waals surface area contributed by atoms with E-state index >= 15 is 0 Å². The summed E-state index contributed by atoms with van der Waals surface area (Å²) < 4.78 is 7.04. The lowest BCUT2D eigenvalue weighted by atomic mass is 9.94. The lowest BCUT2D eigenvalue weighted by Gasteiger charge is -2.32. The van der Waals surface area contributed by atoms with E-state index in [0.29, 0.717) is 22.9 Å². The van der Waals surface area contributed by atoms with Crippen LogP contribution in [0.25, 0.3) is 0 Å². The zero-order valence-corrected chi connectivity index (χ0v) is 23.5. The van der Waals surface area contributed by atoms with E-state index in [1.54, 1.807) is 35.2 Å². The van der Waals surface area contributed by atoms with Crippen molar-refractivity contribution in [3.8, 4) is 0 Å². The SMILES string of the molecule is C=CC(=O)Nc1ccc(C(=O)N2CCC[C@@H](Cc3ncc(SCc4ncc(C(C)(C)C)o4)s3)C2)cc1C. The largest absolute Gasteiger partial charge is 0.444 e. The fourth-order valence-electron chi connectivity index (χ4n) is 4.28. The normalized spacial score (nSPS) is 16.0. The first kappa shape index (κ1) is 27.1. The van der Waals surface area contributed by atoms with E-state index in [-0.39, 0.29) is 17.2 Å². The molecule has 1 aliphatic heterocycles. The van der Waals surface area contributed by atoms with Gasteiger partial charge in [0.1, 0.15) is 5.76 Å². The van der Waals surface area contributed by atoms with Gasteiger partial charge >= 0.3 is 0 Å². The van der Waals surface area contributed by atoms with Gasteiger partial charge in [0.25, 0.3) is 5.91 Å². The lowest BCUT2D eigenvalue weighted by Crippen LogP contribution is -2.40. The van der Waals surface area contributed by atoms with Gasteiger partial charge in [-0.15, -0.1) is 23.1 Å². The summed E-state index contributed by atoms with van der Waals surface area (Å²) in [5.74, 6) is 2.46. The predicted molar refractivity (Wildman–Crippen MR) is 149 cm³/mol. The Morgan fingerprint density at radius 2 is 2.11 bits per heavy atom. The number of benzene rings is 1. The van der Waals surface area contributed by atoms with Crippen molar-refractivity contribution >= 4 is 40.6 Å². The van der Waals surface area contributed by atoms with Crippen molar-refractivity contribution < 1.29 is 14.0 Å². The third-order valence-electron chi connectivity index (χ3n) is 6.35. The minimum atomic E-state index is -0.267. The Bertz CT molecular complexity index is 1270. The number of hydrogen-bond acceptors (Lipinski definition) is 7. The van der Waals surface area contributed by atoms with Gasteiger partial charge < -0.3 is 14.6 Å². The topological polar surface area (TPSA) is 88.3 Å². The molecule has 1 saturated heterocycles. The van der Waals surface area contributed by atoms with Crippen LogP contribution in [0.3, 0.4) is 0 Å². The summed E-state index contributed by atoms with van der Waals surface area (Å²) in [7, 11) is 0. The van der Waals surface area contributed by atoms with E-state index in [1.807, 2.05) is 30.3 Å². The molecule has 1 fully saturated rings. The van der Waals surface area contributed by atoms with E-state index in [4.69, 9.17) is 4.42 Å². The van der Waals surface area contributed by atoms with Crippen molar-refractivity contribution in [2.45, 2.75) is 62.3 Å². The van der Waals surface area contributed by atoms with E-state index in [9.17, 15) is 9.59 Å². The van der Waals surface area contributed by atoms with Gasteiger partial charge in [0, 0.05) is 36.2 Å². The molecule has 0 aliphatic carbocycles. The summed E-state index contributed by atoms with van der Waals surface area (Å²) in [5, 5.41) is 3.87. The summed E-state index contributed by atoms with van der Waals surface area (Å²) in [4.78, 5) is 35.8. The van der Waals surface area contributed by atoms with Crippen LogP contribution in [-0.2, 0) is 22.4 Å². The molecule has 196 valence electrons. The molecule has 1 aromatic carbocycles. The minimum absolute atomic E-state index is 0.0327. The van der Waals surface area contributed by atoms with Crippen LogP contribution in [0.4, 0.5) is 5.69 Å². The van der Waals surface area contributed by atoms with E-state index < -0.39 is 0 Å². The number of nitrogens with one attached hydrogen (secondary N) is 1. The second-order valence-electron chi connectivity index (χ2n) is 10.4. The number of thiazole rings is 1. The minimum Gasteiger partial charge on any atom is -0.444 e. The molecule has 37 heavy (non-hydrogen) atoms. The van der Waals surface area contributed by atoms with E-state index in [0.717, 1.165) is 58.8 Å². The van der Waals surface area contributed by atoms with Gasteiger partial charge in [-0.2, -0.15) is 0 Å². The predicted octanol–water partition coefficient (Wildman–Crippen LogP) is 6.25. The molecule has 0 unspecified atom stereocenters. The molecule has 0 radical (unpaired) electrons. The molecule has 1 aliphatic rings. The van der Waals surface area contributed by atoms with Crippen LogP contribution in [0, 0.1) is 12.8 Å². The highest BCUT2D eigenvalue weighted by atomic mass is 32.2. The number of likely N-dealkylation sites (tertiary alicyclic amines) is 1. The summed E-state index contributed by atoms with van der Waals surface area (Å²) >= 11 is 3.41. The number of amides is 2. The molecule has 0 saturated carbocycles. The van der Waals surface area contributed by atoms with Crippen molar-refractivity contribution in [1.82, 2.24) is 14.9 Å². The molecule has 1 N–H and O–H groups in total. The van der Waals surface area contributed by atoms with Crippen LogP contribution in [0.5, 0.6) is 0 Å². The average molecular weight is 539 g/mol. The second-order valence-corrected chi connectivity index (χ2v) is 12.8. The van der Waals surface area contributed by atoms with E-state index in [1.165, 1.54) is 6.08 Å². The highest BCUT2D eigenvalue weighted by Crippen LogP contribution is 2.32. The van der Waals surface area contributed by atoms with Gasteiger partial charge in [-0.25, -0.2) is 9.97 Å². The first-order chi connectivity index (χ1) is 17.6. The summed E-state index contributed by atoms with van der Waals surface area (Å²) in [6.07, 6.45) is 7.92. The van der Waals surface area contributed by atoms with Crippen LogP contribution in [0.1, 0.15) is 66.2 Å². The van der Waals surface area contributed by atoms with Crippen LogP contribution in [0.2, 0.25) is 0 Å². The van der Waals surface area contributed by atoms with Gasteiger partial charge in [-0.05, 0) is 55.5 Å². The summed E-state index contributed by atoms with van der Waals surface area (Å²) in [5.41, 5.74) is 2.13. The van der Waals surface area contributed by atoms with Gasteiger partial charge in [-0.3, -0.25) is 9.59 Å². The van der Waals surface area contributed by atoms with Gasteiger partial charge in [0.05, 0.1) is 27.4 Å². The second kappa shape index (κ2) is 11.6. The fourth-order valence-corrected chi connectivity index (χ4v) is 6.27. The van der Waals surface area contributed by atoms with Crippen molar-refractivity contribution in [1.29, 1.82) is 0 Å². The lowest BCUT2D eigenvalue weighted by molar-refractivity contribution is -0.111. The Kier molecular flexibility index (Phi) is 8.54. The molecule has 3 aromatic rings. The zero-order chi connectivity index (χ0) is 26.6. The monoisotopic (exact) mass is 538 g/mol. The number of carbonyl (C=O) groups is 2. The first-order valence-electron chi connectivity index (χ1n) is 12.5.